The number of hydrogen-bond acceptors (Lipinski definition) is 9. The van der Waals surface area contributed by atoms with E-state index in [1.54, 1.807) is 40.1 Å². The topological polar surface area (TPSA) is 102 Å². The van der Waals surface area contributed by atoms with Crippen LogP contribution in [0.3, 0.4) is 0 Å². The van der Waals surface area contributed by atoms with Gasteiger partial charge in [0.25, 0.3) is 0 Å². The maximum atomic E-state index is 15.5. The van der Waals surface area contributed by atoms with Crippen LogP contribution < -0.4 is 15.4 Å². The number of para-hydroxylation sites is 1. The van der Waals surface area contributed by atoms with E-state index in [1.807, 2.05) is 64.1 Å². The first-order valence-corrected chi connectivity index (χ1v) is 18.7. The second kappa shape index (κ2) is 18.7. The molecule has 5 rings (SSSR count). The number of anilines is 2. The summed E-state index contributed by atoms with van der Waals surface area (Å²) >= 11 is 0. The molecule has 2 aliphatic heterocycles. The molecule has 11 nitrogen and oxygen atoms in total. The fraction of sp³-hybridized carbons (Fsp3) is 0.439. The Morgan fingerprint density at radius 3 is 2.36 bits per heavy atom. The van der Waals surface area contributed by atoms with Crippen molar-refractivity contribution in [2.75, 3.05) is 69.6 Å². The number of rotatable bonds is 14. The summed E-state index contributed by atoms with van der Waals surface area (Å²) in [5.41, 5.74) is 4.54. The smallest absolute Gasteiger partial charge is 0.413 e. The second-order valence-electron chi connectivity index (χ2n) is 13.6. The maximum absolute atomic E-state index is 15.5. The Balaban J connectivity index is 1.38. The number of carbonyl (C=O) groups excluding carboxylic acids is 2. The molecule has 0 spiro atoms. The Morgan fingerprint density at radius 2 is 1.68 bits per heavy atom. The molecule has 12 heteroatoms. The molecular weight excluding hydrogens is 673 g/mol. The van der Waals surface area contributed by atoms with E-state index in [-0.39, 0.29) is 24.6 Å². The van der Waals surface area contributed by atoms with Gasteiger partial charge in [-0.05, 0) is 76.9 Å². The summed E-state index contributed by atoms with van der Waals surface area (Å²) in [5.74, 6) is -0.0830. The molecular formula is C41H54FN7O4. The largest absolute Gasteiger partial charge is 0.489 e. The summed E-state index contributed by atoms with van der Waals surface area (Å²) in [6.07, 6.45) is 0.295. The van der Waals surface area contributed by atoms with Gasteiger partial charge in [-0.1, -0.05) is 36.4 Å². The molecule has 1 saturated heterocycles. The van der Waals surface area contributed by atoms with Gasteiger partial charge in [-0.2, -0.15) is 0 Å². The Morgan fingerprint density at radius 1 is 0.943 bits per heavy atom. The van der Waals surface area contributed by atoms with E-state index >= 15 is 4.39 Å². The van der Waals surface area contributed by atoms with Crippen molar-refractivity contribution < 1.29 is 23.5 Å². The minimum atomic E-state index is -0.951. The molecule has 0 aromatic heterocycles. The molecule has 2 aliphatic rings. The maximum Gasteiger partial charge on any atom is 0.413 e. The summed E-state index contributed by atoms with van der Waals surface area (Å²) in [5, 5.41) is 6.06. The lowest BCUT2D eigenvalue weighted by Crippen LogP contribution is -2.49. The first-order chi connectivity index (χ1) is 25.6. The Bertz CT molecular complexity index is 1750. The van der Waals surface area contributed by atoms with Crippen molar-refractivity contribution in [3.8, 4) is 5.75 Å². The zero-order valence-electron chi connectivity index (χ0n) is 31.9. The molecule has 284 valence electrons. The van der Waals surface area contributed by atoms with Gasteiger partial charge in [0.05, 0.1) is 5.70 Å². The van der Waals surface area contributed by atoms with Crippen LogP contribution in [-0.4, -0.2) is 109 Å². The summed E-state index contributed by atoms with van der Waals surface area (Å²) in [6.45, 7) is 18.7. The van der Waals surface area contributed by atoms with Gasteiger partial charge in [0.15, 0.2) is 11.6 Å². The van der Waals surface area contributed by atoms with Crippen LogP contribution in [0.15, 0.2) is 77.8 Å². The van der Waals surface area contributed by atoms with Gasteiger partial charge >= 0.3 is 6.09 Å². The van der Waals surface area contributed by atoms with Crippen molar-refractivity contribution in [3.05, 3.63) is 95.3 Å². The normalized spacial score (nSPS) is 16.5. The van der Waals surface area contributed by atoms with Crippen LogP contribution in [-0.2, 0) is 9.53 Å². The molecule has 2 amide bonds. The van der Waals surface area contributed by atoms with E-state index in [0.29, 0.717) is 48.8 Å². The first kappa shape index (κ1) is 39.3. The highest BCUT2D eigenvalue weighted by Gasteiger charge is 2.31. The number of hydrogen-bond donors (Lipinski definition) is 2. The number of nitrogens with one attached hydrogen (secondary N) is 2. The van der Waals surface area contributed by atoms with Crippen molar-refractivity contribution in [3.63, 3.8) is 0 Å². The summed E-state index contributed by atoms with van der Waals surface area (Å²) in [4.78, 5) is 39.8. The van der Waals surface area contributed by atoms with Crippen molar-refractivity contribution in [2.24, 2.45) is 4.99 Å². The van der Waals surface area contributed by atoms with E-state index in [1.165, 1.54) is 6.07 Å². The number of carbonyl (C=O) groups is 2. The number of aliphatic imine (C=N–C) groups is 1. The van der Waals surface area contributed by atoms with Gasteiger partial charge in [0.1, 0.15) is 6.61 Å². The van der Waals surface area contributed by atoms with Crippen LogP contribution in [0.25, 0.3) is 5.70 Å². The lowest BCUT2D eigenvalue weighted by Gasteiger charge is -2.36. The lowest BCUT2D eigenvalue weighted by atomic mass is 10.00. The van der Waals surface area contributed by atoms with Crippen LogP contribution in [0, 0.1) is 19.7 Å². The second-order valence-corrected chi connectivity index (χ2v) is 13.6. The fourth-order valence-corrected chi connectivity index (χ4v) is 6.51. The average molecular weight is 728 g/mol. The number of halogens is 1. The monoisotopic (exact) mass is 727 g/mol. The van der Waals surface area contributed by atoms with Gasteiger partial charge in [-0.25, -0.2) is 14.2 Å². The molecule has 0 radical (unpaired) electrons. The zero-order valence-corrected chi connectivity index (χ0v) is 31.9. The average Bonchev–Trinajstić information content (AvgIpc) is 3.14. The third kappa shape index (κ3) is 10.6. The Hall–Kier alpha value is -4.94. The molecule has 0 bridgehead atoms. The van der Waals surface area contributed by atoms with Crippen molar-refractivity contribution >= 4 is 35.0 Å². The number of benzene rings is 3. The standard InChI is InChI=1S/C41H54FN7O4/c1-7-47(8-2)38(50)19-20-49-39(53-41(51)44-32-14-10-9-11-15-32)28-36(34-16-12-13-30(5)31(34)6)45-40(49)43-33-17-18-37(35(42)27-33)52-26-25-46-21-23-48(24-22-46)29(3)4/h9-18,27-29,39H,7-8,19-26H2,1-6H3,(H,43,45)(H,44,51). The van der Waals surface area contributed by atoms with E-state index in [0.717, 1.165) is 49.4 Å². The van der Waals surface area contributed by atoms with Crippen LogP contribution in [0.2, 0.25) is 0 Å². The minimum Gasteiger partial charge on any atom is -0.489 e. The highest BCUT2D eigenvalue weighted by Crippen LogP contribution is 2.30. The van der Waals surface area contributed by atoms with Crippen LogP contribution >= 0.6 is 0 Å². The van der Waals surface area contributed by atoms with Gasteiger partial charge in [0.2, 0.25) is 18.1 Å². The fourth-order valence-electron chi connectivity index (χ4n) is 6.51. The number of ether oxygens (including phenoxy) is 2. The predicted octanol–water partition coefficient (Wildman–Crippen LogP) is 6.81. The molecule has 0 saturated carbocycles. The summed E-state index contributed by atoms with van der Waals surface area (Å²) in [6, 6.07) is 20.2. The van der Waals surface area contributed by atoms with E-state index in [9.17, 15) is 9.59 Å². The molecule has 1 fully saturated rings. The van der Waals surface area contributed by atoms with Crippen LogP contribution in [0.1, 0.15) is 50.8 Å². The first-order valence-electron chi connectivity index (χ1n) is 18.7. The number of aryl methyl sites for hydroxylation is 1. The zero-order chi connectivity index (χ0) is 37.9. The molecule has 1 unspecified atom stereocenters. The van der Waals surface area contributed by atoms with Gasteiger partial charge < -0.3 is 24.6 Å². The molecule has 53 heavy (non-hydrogen) atoms. The lowest BCUT2D eigenvalue weighted by molar-refractivity contribution is -0.131. The highest BCUT2D eigenvalue weighted by molar-refractivity contribution is 5.99. The van der Waals surface area contributed by atoms with Gasteiger partial charge in [-0.15, -0.1) is 0 Å². The number of guanidine groups is 1. The Labute approximate surface area is 313 Å². The molecule has 3 aromatic carbocycles. The van der Waals surface area contributed by atoms with Crippen LogP contribution in [0.4, 0.5) is 20.6 Å². The molecule has 0 aliphatic carbocycles. The quantitative estimate of drug-likeness (QED) is 0.187. The molecule has 2 heterocycles. The van der Waals surface area contributed by atoms with Crippen molar-refractivity contribution in [1.82, 2.24) is 19.6 Å². The SMILES string of the molecule is CCN(CC)C(=O)CCN1C(Nc2ccc(OCCN3CCN(C(C)C)CC3)c(F)c2)=NC(c2cccc(C)c2C)=CC1OC(=O)Nc1ccccc1. The number of amides is 2. The minimum absolute atomic E-state index is 0.0412. The summed E-state index contributed by atoms with van der Waals surface area (Å²) < 4.78 is 27.5. The number of nitrogens with zero attached hydrogens (tertiary/aromatic N) is 5. The third-order valence-electron chi connectivity index (χ3n) is 9.91. The predicted molar refractivity (Wildman–Crippen MR) is 210 cm³/mol. The van der Waals surface area contributed by atoms with Crippen molar-refractivity contribution in [2.45, 2.75) is 60.2 Å². The highest BCUT2D eigenvalue weighted by atomic mass is 19.1. The van der Waals surface area contributed by atoms with E-state index in [2.05, 4.69) is 34.3 Å². The van der Waals surface area contributed by atoms with Crippen LogP contribution in [0.5, 0.6) is 5.75 Å². The van der Waals surface area contributed by atoms with E-state index < -0.39 is 18.1 Å². The molecule has 3 aromatic rings. The van der Waals surface area contributed by atoms with Gasteiger partial charge in [0, 0.05) is 93.9 Å². The number of piperazine rings is 1. The molecule has 2 N–H and O–H groups in total. The molecule has 1 atom stereocenters. The van der Waals surface area contributed by atoms with Crippen molar-refractivity contribution in [1.29, 1.82) is 0 Å². The Kier molecular flexibility index (Phi) is 13.9. The summed E-state index contributed by atoms with van der Waals surface area (Å²) in [7, 11) is 0. The van der Waals surface area contributed by atoms with Gasteiger partial charge in [-0.3, -0.25) is 19.9 Å². The van der Waals surface area contributed by atoms with E-state index in [4.69, 9.17) is 14.5 Å². The third-order valence-corrected chi connectivity index (χ3v) is 9.91.